The molecule has 1 amide bonds. The number of aryl methyl sites for hydroxylation is 1. The monoisotopic (exact) mass is 359 g/mol. The van der Waals surface area contributed by atoms with E-state index in [4.69, 9.17) is 4.99 Å². The van der Waals surface area contributed by atoms with Gasteiger partial charge >= 0.3 is 0 Å². The number of hydrogen-bond donors (Lipinski definition) is 0. The van der Waals surface area contributed by atoms with Crippen LogP contribution in [0.4, 0.5) is 11.4 Å². The molecule has 4 nitrogen and oxygen atoms in total. The Labute approximate surface area is 156 Å². The number of hydrogen-bond acceptors (Lipinski definition) is 3. The van der Waals surface area contributed by atoms with E-state index in [1.165, 1.54) is 11.8 Å². The van der Waals surface area contributed by atoms with E-state index in [1.807, 2.05) is 96.8 Å². The first kappa shape index (κ1) is 16.4. The Kier molecular flexibility index (Phi) is 4.46. The third kappa shape index (κ3) is 3.34. The van der Waals surface area contributed by atoms with Gasteiger partial charge in [-0.05, 0) is 53.7 Å². The van der Waals surface area contributed by atoms with Crippen molar-refractivity contribution in [2.45, 2.75) is 0 Å². The van der Waals surface area contributed by atoms with Crippen LogP contribution < -0.4 is 4.90 Å². The molecule has 1 aliphatic rings. The minimum absolute atomic E-state index is 0.0558. The first-order valence-corrected chi connectivity index (χ1v) is 9.07. The number of aliphatic imine (C=N–C) groups is 1. The normalized spacial score (nSPS) is 17.4. The van der Waals surface area contributed by atoms with Gasteiger partial charge in [-0.2, -0.15) is 0 Å². The largest absolute Gasteiger partial charge is 0.357 e. The van der Waals surface area contributed by atoms with Crippen LogP contribution in [-0.2, 0) is 11.8 Å². The molecule has 2 aromatic carbocycles. The van der Waals surface area contributed by atoms with Crippen LogP contribution in [0.1, 0.15) is 5.56 Å². The van der Waals surface area contributed by atoms with Crippen LogP contribution in [0.25, 0.3) is 6.08 Å². The number of carbonyl (C=O) groups is 1. The van der Waals surface area contributed by atoms with Crippen molar-refractivity contribution in [1.82, 2.24) is 4.57 Å². The maximum atomic E-state index is 13.1. The number of benzene rings is 2. The van der Waals surface area contributed by atoms with Gasteiger partial charge in [0.2, 0.25) is 0 Å². The zero-order valence-electron chi connectivity index (χ0n) is 14.2. The molecule has 2 heterocycles. The zero-order chi connectivity index (χ0) is 17.9. The van der Waals surface area contributed by atoms with Crippen molar-refractivity contribution in [3.63, 3.8) is 0 Å². The average Bonchev–Trinajstić information content (AvgIpc) is 3.20. The molecule has 0 unspecified atom stereocenters. The Morgan fingerprint density at radius 3 is 2.31 bits per heavy atom. The SMILES string of the molecule is Cn1ccc(/C=C2/SC(=Nc3ccccc3)N(c3ccccc3)C2=O)c1. The predicted molar refractivity (Wildman–Crippen MR) is 108 cm³/mol. The molecule has 26 heavy (non-hydrogen) atoms. The van der Waals surface area contributed by atoms with Crippen LogP contribution in [0.3, 0.4) is 0 Å². The maximum absolute atomic E-state index is 13.1. The summed E-state index contributed by atoms with van der Waals surface area (Å²) in [7, 11) is 1.96. The third-order valence-corrected chi connectivity index (χ3v) is 4.92. The second kappa shape index (κ2) is 7.06. The second-order valence-electron chi connectivity index (χ2n) is 5.93. The average molecular weight is 359 g/mol. The Hall–Kier alpha value is -3.05. The predicted octanol–water partition coefficient (Wildman–Crippen LogP) is 4.83. The second-order valence-corrected chi connectivity index (χ2v) is 6.94. The summed E-state index contributed by atoms with van der Waals surface area (Å²) in [5.74, 6) is -0.0558. The third-order valence-electron chi connectivity index (χ3n) is 3.95. The minimum Gasteiger partial charge on any atom is -0.357 e. The lowest BCUT2D eigenvalue weighted by Gasteiger charge is -2.15. The summed E-state index contributed by atoms with van der Waals surface area (Å²) >= 11 is 1.40. The highest BCUT2D eigenvalue weighted by molar-refractivity contribution is 8.19. The highest BCUT2D eigenvalue weighted by atomic mass is 32.2. The summed E-state index contributed by atoms with van der Waals surface area (Å²) < 4.78 is 1.96. The fraction of sp³-hybridized carbons (Fsp3) is 0.0476. The summed E-state index contributed by atoms with van der Waals surface area (Å²) in [5, 5.41) is 0.662. The number of carbonyl (C=O) groups excluding carboxylic acids is 1. The van der Waals surface area contributed by atoms with Gasteiger partial charge in [0.25, 0.3) is 5.91 Å². The molecule has 3 aromatic rings. The smallest absolute Gasteiger partial charge is 0.271 e. The molecular formula is C21H17N3OS. The molecule has 0 spiro atoms. The Morgan fingerprint density at radius 1 is 0.962 bits per heavy atom. The van der Waals surface area contributed by atoms with Crippen molar-refractivity contribution in [3.8, 4) is 0 Å². The van der Waals surface area contributed by atoms with Gasteiger partial charge in [0, 0.05) is 19.4 Å². The molecule has 0 saturated carbocycles. The van der Waals surface area contributed by atoms with E-state index in [0.29, 0.717) is 10.1 Å². The van der Waals surface area contributed by atoms with E-state index in [-0.39, 0.29) is 5.91 Å². The standard InChI is InChI=1S/C21H17N3OS/c1-23-13-12-16(15-23)14-19-20(25)24(18-10-6-3-7-11-18)21(26-19)22-17-8-4-2-5-9-17/h2-15H,1H3/b19-14+,22-21?. The topological polar surface area (TPSA) is 37.6 Å². The molecule has 1 aromatic heterocycles. The molecule has 128 valence electrons. The number of para-hydroxylation sites is 2. The van der Waals surface area contributed by atoms with Gasteiger partial charge in [-0.15, -0.1) is 0 Å². The molecule has 1 saturated heterocycles. The molecule has 0 aliphatic carbocycles. The quantitative estimate of drug-likeness (QED) is 0.628. The van der Waals surface area contributed by atoms with Crippen molar-refractivity contribution in [1.29, 1.82) is 0 Å². The first-order chi connectivity index (χ1) is 12.7. The van der Waals surface area contributed by atoms with Gasteiger partial charge in [-0.3, -0.25) is 9.69 Å². The fourth-order valence-electron chi connectivity index (χ4n) is 2.73. The van der Waals surface area contributed by atoms with E-state index in [1.54, 1.807) is 4.90 Å². The summed E-state index contributed by atoms with van der Waals surface area (Å²) in [6.45, 7) is 0. The van der Waals surface area contributed by atoms with E-state index < -0.39 is 0 Å². The number of nitrogens with zero attached hydrogens (tertiary/aromatic N) is 3. The van der Waals surface area contributed by atoms with Crippen molar-refractivity contribution in [3.05, 3.63) is 89.6 Å². The number of anilines is 1. The molecule has 1 fully saturated rings. The van der Waals surface area contributed by atoms with Crippen LogP contribution in [0.5, 0.6) is 0 Å². The van der Waals surface area contributed by atoms with Crippen LogP contribution in [-0.4, -0.2) is 15.6 Å². The van der Waals surface area contributed by atoms with E-state index in [0.717, 1.165) is 16.9 Å². The van der Waals surface area contributed by atoms with Crippen LogP contribution in [0, 0.1) is 0 Å². The van der Waals surface area contributed by atoms with Crippen molar-refractivity contribution < 1.29 is 4.79 Å². The van der Waals surface area contributed by atoms with Crippen molar-refractivity contribution in [2.75, 3.05) is 4.90 Å². The number of aromatic nitrogens is 1. The van der Waals surface area contributed by atoms with Crippen LogP contribution in [0.15, 0.2) is 89.0 Å². The van der Waals surface area contributed by atoms with Gasteiger partial charge in [0.05, 0.1) is 16.3 Å². The van der Waals surface area contributed by atoms with Crippen molar-refractivity contribution in [2.24, 2.45) is 12.0 Å². The van der Waals surface area contributed by atoms with E-state index in [9.17, 15) is 4.79 Å². The number of thioether (sulfide) groups is 1. The van der Waals surface area contributed by atoms with Gasteiger partial charge in [0.15, 0.2) is 5.17 Å². The lowest BCUT2D eigenvalue weighted by molar-refractivity contribution is -0.113. The minimum atomic E-state index is -0.0558. The summed E-state index contributed by atoms with van der Waals surface area (Å²) in [5.41, 5.74) is 2.64. The number of rotatable bonds is 3. The molecular weight excluding hydrogens is 342 g/mol. The molecule has 1 aliphatic heterocycles. The van der Waals surface area contributed by atoms with Crippen molar-refractivity contribution >= 4 is 40.3 Å². The molecule has 5 heteroatoms. The maximum Gasteiger partial charge on any atom is 0.271 e. The first-order valence-electron chi connectivity index (χ1n) is 8.25. The summed E-state index contributed by atoms with van der Waals surface area (Å²) in [4.78, 5) is 20.1. The van der Waals surface area contributed by atoms with Crippen LogP contribution in [0.2, 0.25) is 0 Å². The lowest BCUT2D eigenvalue weighted by Crippen LogP contribution is -2.28. The fourth-order valence-corrected chi connectivity index (χ4v) is 3.73. The molecule has 4 rings (SSSR count). The van der Waals surface area contributed by atoms with Gasteiger partial charge < -0.3 is 4.57 Å². The van der Waals surface area contributed by atoms with Gasteiger partial charge in [0.1, 0.15) is 0 Å². The highest BCUT2D eigenvalue weighted by Gasteiger charge is 2.34. The molecule has 0 N–H and O–H groups in total. The molecule has 0 radical (unpaired) electrons. The Bertz CT molecular complexity index is 990. The van der Waals surface area contributed by atoms with E-state index >= 15 is 0 Å². The highest BCUT2D eigenvalue weighted by Crippen LogP contribution is 2.37. The molecule has 0 bridgehead atoms. The Morgan fingerprint density at radius 2 is 1.65 bits per heavy atom. The van der Waals surface area contributed by atoms with Crippen LogP contribution >= 0.6 is 11.8 Å². The molecule has 0 atom stereocenters. The Balaban J connectivity index is 1.77. The lowest BCUT2D eigenvalue weighted by atomic mass is 10.2. The summed E-state index contributed by atoms with van der Waals surface area (Å²) in [6, 6.07) is 21.3. The zero-order valence-corrected chi connectivity index (χ0v) is 15.1. The number of amides is 1. The van der Waals surface area contributed by atoms with Gasteiger partial charge in [-0.1, -0.05) is 36.4 Å². The number of amidine groups is 1. The van der Waals surface area contributed by atoms with Gasteiger partial charge in [-0.25, -0.2) is 4.99 Å². The van der Waals surface area contributed by atoms with E-state index in [2.05, 4.69) is 0 Å². The summed E-state index contributed by atoms with van der Waals surface area (Å²) in [6.07, 6.45) is 5.86.